The Labute approximate surface area is 230 Å². The molecule has 0 aromatic heterocycles. The third-order valence-electron chi connectivity index (χ3n) is 8.10. The van der Waals surface area contributed by atoms with Gasteiger partial charge in [-0.3, -0.25) is 0 Å². The molecule has 0 nitrogen and oxygen atoms in total. The molecule has 0 aliphatic heterocycles. The van der Waals surface area contributed by atoms with Gasteiger partial charge in [-0.15, -0.1) is 0 Å². The normalized spacial score (nSPS) is 18.0. The van der Waals surface area contributed by atoms with Gasteiger partial charge < -0.3 is 0 Å². The summed E-state index contributed by atoms with van der Waals surface area (Å²) in [6, 6.07) is 16.1. The average molecular weight is 586 g/mol. The van der Waals surface area contributed by atoms with Gasteiger partial charge in [-0.1, -0.05) is 0 Å². The summed E-state index contributed by atoms with van der Waals surface area (Å²) in [5, 5.41) is 1.46. The van der Waals surface area contributed by atoms with Gasteiger partial charge in [-0.25, -0.2) is 0 Å². The first-order valence-electron chi connectivity index (χ1n) is 13.6. The van der Waals surface area contributed by atoms with Crippen LogP contribution in [0.25, 0.3) is 6.08 Å². The number of hydrogen-bond acceptors (Lipinski definition) is 0. The van der Waals surface area contributed by atoms with Crippen molar-refractivity contribution in [3.63, 3.8) is 0 Å². The Bertz CT molecular complexity index is 994. The summed E-state index contributed by atoms with van der Waals surface area (Å²) in [6.45, 7) is 11.7. The zero-order chi connectivity index (χ0) is 25.7. The Morgan fingerprint density at radius 2 is 1.31 bits per heavy atom. The summed E-state index contributed by atoms with van der Waals surface area (Å²) >= 11 is -3.82. The maximum absolute atomic E-state index is 7.18. The van der Waals surface area contributed by atoms with Crippen LogP contribution in [0.3, 0.4) is 0 Å². The van der Waals surface area contributed by atoms with Gasteiger partial charge in [0, 0.05) is 0 Å². The number of hydrogen-bond donors (Lipinski definition) is 0. The standard InChI is InChI=1S/C30H43Si.3ClH.Ti/c1-6-8-10-12-16-25-21-26(17-13-11-9-7-2)23-28(22-25)31(4,5)30-24(3)20-27-18-14-15-19-29(27)30;;;;/h14-15,18-23H,6-13,16-17H2,1-5H3;3*1H;/q;;;;+3/p-3. The number of aryl methyl sites for hydroxylation is 2. The molecule has 3 rings (SSSR count). The van der Waals surface area contributed by atoms with Crippen LogP contribution in [-0.2, 0) is 29.6 Å². The number of halogens is 3. The molecule has 2 aromatic carbocycles. The Morgan fingerprint density at radius 1 is 0.771 bits per heavy atom. The zero-order valence-corrected chi connectivity index (χ0v) is 27.2. The number of allylic oxidation sites excluding steroid dienone is 1. The maximum atomic E-state index is 7.18. The molecule has 0 heterocycles. The molecule has 0 bridgehead atoms. The molecule has 0 saturated heterocycles. The summed E-state index contributed by atoms with van der Waals surface area (Å²) < 4.78 is -0.422. The second-order valence-electron chi connectivity index (χ2n) is 10.9. The summed E-state index contributed by atoms with van der Waals surface area (Å²) in [5.74, 6) is 0. The molecule has 0 spiro atoms. The van der Waals surface area contributed by atoms with Crippen molar-refractivity contribution < 1.29 is 13.4 Å². The van der Waals surface area contributed by atoms with E-state index >= 15 is 0 Å². The minimum absolute atomic E-state index is 0.422. The molecule has 0 amide bonds. The van der Waals surface area contributed by atoms with E-state index in [9.17, 15) is 0 Å². The number of fused-ring (bicyclic) bond motifs is 1. The van der Waals surface area contributed by atoms with E-state index in [1.165, 1.54) is 84.4 Å². The van der Waals surface area contributed by atoms with Crippen molar-refractivity contribution in [2.24, 2.45) is 0 Å². The topological polar surface area (TPSA) is 0 Å². The second-order valence-corrected chi connectivity index (χ2v) is 28.4. The van der Waals surface area contributed by atoms with Gasteiger partial charge in [0.05, 0.1) is 0 Å². The van der Waals surface area contributed by atoms with Crippen LogP contribution in [0, 0.1) is 0 Å². The van der Waals surface area contributed by atoms with Crippen molar-refractivity contribution in [2.45, 2.75) is 101 Å². The Morgan fingerprint density at radius 3 is 1.83 bits per heavy atom. The molecule has 1 aliphatic carbocycles. The van der Waals surface area contributed by atoms with Crippen molar-refractivity contribution in [3.8, 4) is 0 Å². The van der Waals surface area contributed by atoms with E-state index in [0.717, 1.165) is 12.8 Å². The fraction of sp³-hybridized carbons (Fsp3) is 0.533. The van der Waals surface area contributed by atoms with E-state index in [2.05, 4.69) is 82.4 Å². The van der Waals surface area contributed by atoms with Gasteiger partial charge in [-0.2, -0.15) is 0 Å². The average Bonchev–Trinajstić information content (AvgIpc) is 3.12. The fourth-order valence-electron chi connectivity index (χ4n) is 6.22. The van der Waals surface area contributed by atoms with Gasteiger partial charge in [0.15, 0.2) is 0 Å². The summed E-state index contributed by atoms with van der Waals surface area (Å²) in [5.41, 5.74) is 6.70. The van der Waals surface area contributed by atoms with Crippen LogP contribution in [0.5, 0.6) is 0 Å². The van der Waals surface area contributed by atoms with E-state index in [4.69, 9.17) is 27.9 Å². The number of rotatable bonds is 13. The SMILES string of the molecule is CCCCCCc1cc(CCCCCC)cc([Si](C)(C)[C]2([Ti]([Cl])([Cl])[Cl])C(C)=Cc3ccccc32)c1. The van der Waals surface area contributed by atoms with Gasteiger partial charge in [0.25, 0.3) is 0 Å². The molecule has 35 heavy (non-hydrogen) atoms. The van der Waals surface area contributed by atoms with E-state index < -0.39 is 24.8 Å². The predicted octanol–water partition coefficient (Wildman–Crippen LogP) is 10.3. The van der Waals surface area contributed by atoms with Gasteiger partial charge in [0.1, 0.15) is 0 Å². The van der Waals surface area contributed by atoms with Crippen LogP contribution < -0.4 is 5.19 Å². The van der Waals surface area contributed by atoms with Gasteiger partial charge in [-0.05, 0) is 0 Å². The molecule has 5 heteroatoms. The molecule has 1 unspecified atom stereocenters. The number of benzene rings is 2. The molecular formula is C30H43Cl3SiTi. The van der Waals surface area contributed by atoms with E-state index in [1.807, 2.05) is 0 Å². The van der Waals surface area contributed by atoms with E-state index in [1.54, 1.807) is 0 Å². The van der Waals surface area contributed by atoms with Crippen molar-refractivity contribution >= 4 is 47.3 Å². The minimum atomic E-state index is -3.82. The third-order valence-corrected chi connectivity index (χ3v) is 24.7. The first-order chi connectivity index (χ1) is 16.6. The molecule has 192 valence electrons. The number of unbranched alkanes of at least 4 members (excludes halogenated alkanes) is 6. The van der Waals surface area contributed by atoms with Crippen molar-refractivity contribution in [1.82, 2.24) is 0 Å². The van der Waals surface area contributed by atoms with Crippen LogP contribution in [-0.4, -0.2) is 8.07 Å². The molecule has 1 aliphatic rings. The van der Waals surface area contributed by atoms with Crippen LogP contribution in [0.1, 0.15) is 94.4 Å². The van der Waals surface area contributed by atoms with Crippen LogP contribution in [0.15, 0.2) is 48.0 Å². The second kappa shape index (κ2) is 12.7. The molecule has 2 aromatic rings. The third kappa shape index (κ3) is 6.18. The van der Waals surface area contributed by atoms with Crippen LogP contribution in [0.4, 0.5) is 0 Å². The van der Waals surface area contributed by atoms with E-state index in [-0.39, 0.29) is 0 Å². The molecule has 0 saturated carbocycles. The first kappa shape index (κ1) is 29.5. The predicted molar refractivity (Wildman–Crippen MR) is 159 cm³/mol. The summed E-state index contributed by atoms with van der Waals surface area (Å²) in [7, 11) is 19.2. The summed E-state index contributed by atoms with van der Waals surface area (Å²) in [6.07, 6.45) is 14.9. The fourth-order valence-corrected chi connectivity index (χ4v) is 27.9. The Kier molecular flexibility index (Phi) is 10.7. The van der Waals surface area contributed by atoms with Crippen LogP contribution >= 0.6 is 27.9 Å². The molecule has 1 atom stereocenters. The van der Waals surface area contributed by atoms with Crippen molar-refractivity contribution in [1.29, 1.82) is 0 Å². The monoisotopic (exact) mass is 584 g/mol. The quantitative estimate of drug-likeness (QED) is 0.162. The molecule has 0 radical (unpaired) electrons. The van der Waals surface area contributed by atoms with Gasteiger partial charge in [0.2, 0.25) is 0 Å². The van der Waals surface area contributed by atoms with Crippen LogP contribution in [0.2, 0.25) is 13.1 Å². The Balaban J connectivity index is 2.09. The van der Waals surface area contributed by atoms with Crippen molar-refractivity contribution in [2.75, 3.05) is 0 Å². The molecular weight excluding hydrogens is 543 g/mol. The Hall–Kier alpha value is -0.0188. The van der Waals surface area contributed by atoms with Gasteiger partial charge >= 0.3 is 232 Å². The van der Waals surface area contributed by atoms with E-state index in [0.29, 0.717) is 0 Å². The zero-order valence-electron chi connectivity index (χ0n) is 22.3. The molecule has 0 N–H and O–H groups in total. The first-order valence-corrected chi connectivity index (χ1v) is 23.8. The summed E-state index contributed by atoms with van der Waals surface area (Å²) in [4.78, 5) is 0. The molecule has 0 fully saturated rings. The van der Waals surface area contributed by atoms with Crippen molar-refractivity contribution in [3.05, 3.63) is 70.3 Å².